The van der Waals surface area contributed by atoms with Crippen LogP contribution < -0.4 is 5.32 Å². The Morgan fingerprint density at radius 2 is 1.76 bits per heavy atom. The van der Waals surface area contributed by atoms with E-state index >= 15 is 0 Å². The second kappa shape index (κ2) is 8.76. The van der Waals surface area contributed by atoms with E-state index in [-0.39, 0.29) is 5.82 Å². The molecule has 0 heterocycles. The lowest BCUT2D eigenvalue weighted by atomic mass is 10.1. The molecule has 4 heteroatoms. The summed E-state index contributed by atoms with van der Waals surface area (Å²) in [5.74, 6) is 0.798. The van der Waals surface area contributed by atoms with Gasteiger partial charge in [0.2, 0.25) is 0 Å². The maximum Gasteiger partial charge on any atom is 0.123 e. The first-order valence-corrected chi connectivity index (χ1v) is 9.10. The summed E-state index contributed by atoms with van der Waals surface area (Å²) in [6.07, 6.45) is 1.01. The topological polar surface area (TPSA) is 12.0 Å². The van der Waals surface area contributed by atoms with Gasteiger partial charge in [0.25, 0.3) is 0 Å². The third-order valence-electron chi connectivity index (χ3n) is 3.15. The standard InChI is InChI=1S/C17H19FINS/c1-2-20-16(11-13-3-7-15(19)8-4-13)12-21-17-9-5-14(18)6-10-17/h3-10,16,20H,2,11-12H2,1H3. The van der Waals surface area contributed by atoms with Gasteiger partial charge < -0.3 is 5.32 Å². The van der Waals surface area contributed by atoms with Gasteiger partial charge in [-0.2, -0.15) is 0 Å². The number of rotatable bonds is 7. The van der Waals surface area contributed by atoms with Gasteiger partial charge in [-0.25, -0.2) is 4.39 Å². The minimum absolute atomic E-state index is 0.179. The molecule has 0 amide bonds. The van der Waals surface area contributed by atoms with Crippen molar-refractivity contribution in [2.75, 3.05) is 12.3 Å². The van der Waals surface area contributed by atoms with Gasteiger partial charge in [0.05, 0.1) is 0 Å². The smallest absolute Gasteiger partial charge is 0.123 e. The Morgan fingerprint density at radius 3 is 2.38 bits per heavy atom. The van der Waals surface area contributed by atoms with Crippen molar-refractivity contribution in [1.29, 1.82) is 0 Å². The van der Waals surface area contributed by atoms with Crippen LogP contribution in [-0.4, -0.2) is 18.3 Å². The van der Waals surface area contributed by atoms with Crippen molar-refractivity contribution in [3.05, 3.63) is 63.5 Å². The fourth-order valence-electron chi connectivity index (χ4n) is 2.11. The van der Waals surface area contributed by atoms with Gasteiger partial charge >= 0.3 is 0 Å². The molecule has 112 valence electrons. The van der Waals surface area contributed by atoms with E-state index in [1.54, 1.807) is 11.8 Å². The number of halogens is 2. The minimum atomic E-state index is -0.179. The van der Waals surface area contributed by atoms with E-state index in [9.17, 15) is 4.39 Å². The first kappa shape index (κ1) is 16.8. The Labute approximate surface area is 143 Å². The second-order valence-electron chi connectivity index (χ2n) is 4.85. The average molecular weight is 415 g/mol. The molecule has 2 aromatic carbocycles. The Balaban J connectivity index is 1.92. The average Bonchev–Trinajstić information content (AvgIpc) is 2.49. The van der Waals surface area contributed by atoms with Gasteiger partial charge in [-0.1, -0.05) is 19.1 Å². The summed E-state index contributed by atoms with van der Waals surface area (Å²) in [6, 6.07) is 15.8. The van der Waals surface area contributed by atoms with E-state index in [1.807, 2.05) is 12.1 Å². The molecule has 0 aromatic heterocycles. The van der Waals surface area contributed by atoms with Crippen LogP contribution >= 0.6 is 34.4 Å². The van der Waals surface area contributed by atoms with Crippen molar-refractivity contribution in [3.63, 3.8) is 0 Å². The highest BCUT2D eigenvalue weighted by atomic mass is 127. The molecule has 1 unspecified atom stereocenters. The predicted molar refractivity (Wildman–Crippen MR) is 97.5 cm³/mol. The zero-order valence-electron chi connectivity index (χ0n) is 12.0. The van der Waals surface area contributed by atoms with E-state index in [1.165, 1.54) is 21.3 Å². The summed E-state index contributed by atoms with van der Waals surface area (Å²) in [6.45, 7) is 3.09. The van der Waals surface area contributed by atoms with Gasteiger partial charge in [-0.05, 0) is 77.5 Å². The van der Waals surface area contributed by atoms with Crippen LogP contribution in [0.5, 0.6) is 0 Å². The van der Waals surface area contributed by atoms with E-state index < -0.39 is 0 Å². The van der Waals surface area contributed by atoms with Crippen molar-refractivity contribution in [2.45, 2.75) is 24.3 Å². The van der Waals surface area contributed by atoms with Crippen molar-refractivity contribution in [2.24, 2.45) is 0 Å². The lowest BCUT2D eigenvalue weighted by Gasteiger charge is -2.17. The maximum absolute atomic E-state index is 12.9. The molecule has 0 saturated heterocycles. The normalized spacial score (nSPS) is 12.3. The monoisotopic (exact) mass is 415 g/mol. The largest absolute Gasteiger partial charge is 0.313 e. The molecule has 1 atom stereocenters. The van der Waals surface area contributed by atoms with Crippen molar-refractivity contribution < 1.29 is 4.39 Å². The molecule has 2 aromatic rings. The summed E-state index contributed by atoms with van der Waals surface area (Å²) >= 11 is 4.09. The van der Waals surface area contributed by atoms with Crippen LogP contribution in [0, 0.1) is 9.39 Å². The molecule has 21 heavy (non-hydrogen) atoms. The van der Waals surface area contributed by atoms with Gasteiger partial charge in [0.15, 0.2) is 0 Å². The number of benzene rings is 2. The number of nitrogens with one attached hydrogen (secondary N) is 1. The van der Waals surface area contributed by atoms with Crippen LogP contribution in [-0.2, 0) is 6.42 Å². The lowest BCUT2D eigenvalue weighted by Crippen LogP contribution is -2.33. The van der Waals surface area contributed by atoms with Crippen molar-refractivity contribution in [1.82, 2.24) is 5.32 Å². The molecule has 0 aliphatic carbocycles. The molecule has 1 nitrogen and oxygen atoms in total. The zero-order chi connectivity index (χ0) is 15.1. The SMILES string of the molecule is CCNC(CSc1ccc(F)cc1)Cc1ccc(I)cc1. The van der Waals surface area contributed by atoms with Crippen LogP contribution in [0.4, 0.5) is 4.39 Å². The Hall–Kier alpha value is -0.590. The van der Waals surface area contributed by atoms with Gasteiger partial charge in [0.1, 0.15) is 5.82 Å². The molecule has 0 bridgehead atoms. The first-order chi connectivity index (χ1) is 10.2. The summed E-state index contributed by atoms with van der Waals surface area (Å²) < 4.78 is 14.2. The summed E-state index contributed by atoms with van der Waals surface area (Å²) in [4.78, 5) is 1.11. The van der Waals surface area contributed by atoms with Gasteiger partial charge in [-0.15, -0.1) is 11.8 Å². The predicted octanol–water partition coefficient (Wildman–Crippen LogP) is 4.74. The van der Waals surface area contributed by atoms with E-state index in [0.717, 1.165) is 23.6 Å². The molecule has 0 aliphatic rings. The second-order valence-corrected chi connectivity index (χ2v) is 7.19. The molecule has 1 N–H and O–H groups in total. The van der Waals surface area contributed by atoms with Crippen LogP contribution in [0.25, 0.3) is 0 Å². The highest BCUT2D eigenvalue weighted by Crippen LogP contribution is 2.20. The molecular formula is C17H19FINS. The highest BCUT2D eigenvalue weighted by molar-refractivity contribution is 14.1. The molecule has 0 fully saturated rings. The molecular weight excluding hydrogens is 396 g/mol. The van der Waals surface area contributed by atoms with Crippen LogP contribution in [0.2, 0.25) is 0 Å². The van der Waals surface area contributed by atoms with E-state index in [0.29, 0.717) is 6.04 Å². The number of hydrogen-bond donors (Lipinski definition) is 1. The van der Waals surface area contributed by atoms with E-state index in [2.05, 4.69) is 59.1 Å². The fraction of sp³-hybridized carbons (Fsp3) is 0.294. The van der Waals surface area contributed by atoms with Gasteiger partial charge in [0, 0.05) is 20.3 Å². The van der Waals surface area contributed by atoms with Crippen LogP contribution in [0.15, 0.2) is 53.4 Å². The van der Waals surface area contributed by atoms with Crippen LogP contribution in [0.3, 0.4) is 0 Å². The maximum atomic E-state index is 12.9. The minimum Gasteiger partial charge on any atom is -0.313 e. The lowest BCUT2D eigenvalue weighted by molar-refractivity contribution is 0.572. The molecule has 0 radical (unpaired) electrons. The summed E-state index contributed by atoms with van der Waals surface area (Å²) in [7, 11) is 0. The van der Waals surface area contributed by atoms with Gasteiger partial charge in [-0.3, -0.25) is 0 Å². The van der Waals surface area contributed by atoms with Crippen molar-refractivity contribution >= 4 is 34.4 Å². The number of thioether (sulfide) groups is 1. The Kier molecular flexibility index (Phi) is 6.99. The zero-order valence-corrected chi connectivity index (χ0v) is 15.0. The summed E-state index contributed by atoms with van der Waals surface area (Å²) in [5, 5.41) is 3.53. The quantitative estimate of drug-likeness (QED) is 0.518. The number of hydrogen-bond acceptors (Lipinski definition) is 2. The third-order valence-corrected chi connectivity index (χ3v) is 5.05. The Bertz CT molecular complexity index is 542. The van der Waals surface area contributed by atoms with Crippen LogP contribution in [0.1, 0.15) is 12.5 Å². The fourth-order valence-corrected chi connectivity index (χ4v) is 3.43. The van der Waals surface area contributed by atoms with Crippen molar-refractivity contribution in [3.8, 4) is 0 Å². The number of likely N-dealkylation sites (N-methyl/N-ethyl adjacent to an activating group) is 1. The molecule has 0 saturated carbocycles. The van der Waals surface area contributed by atoms with E-state index in [4.69, 9.17) is 0 Å². The highest BCUT2D eigenvalue weighted by Gasteiger charge is 2.09. The third kappa shape index (κ3) is 5.96. The Morgan fingerprint density at radius 1 is 1.10 bits per heavy atom. The molecule has 0 spiro atoms. The molecule has 2 rings (SSSR count). The molecule has 0 aliphatic heterocycles. The summed E-state index contributed by atoms with van der Waals surface area (Å²) in [5.41, 5.74) is 1.35. The first-order valence-electron chi connectivity index (χ1n) is 7.03.